The van der Waals surface area contributed by atoms with Crippen molar-refractivity contribution >= 4 is 8.41 Å². The Kier molecular flexibility index (Phi) is 4.46. The molecule has 97 valence electrons. The molecule has 9 heteroatoms. The largest absolute Gasteiger partial charge is 0.394 e. The van der Waals surface area contributed by atoms with Crippen LogP contribution < -0.4 is 11.2 Å². The predicted molar refractivity (Wildman–Crippen MR) is 60.1 cm³/mol. The van der Waals surface area contributed by atoms with Crippen molar-refractivity contribution in [1.82, 2.24) is 9.55 Å². The van der Waals surface area contributed by atoms with Crippen LogP contribution in [0.5, 0.6) is 0 Å². The summed E-state index contributed by atoms with van der Waals surface area (Å²) in [7, 11) is 0. The van der Waals surface area contributed by atoms with Gasteiger partial charge in [0.15, 0.2) is 6.23 Å². The molecule has 1 saturated heterocycles. The van der Waals surface area contributed by atoms with Gasteiger partial charge in [0.25, 0.3) is 5.56 Å². The van der Waals surface area contributed by atoms with Crippen molar-refractivity contribution in [3.63, 3.8) is 0 Å². The number of aromatic nitrogens is 2. The van der Waals surface area contributed by atoms with Gasteiger partial charge in [0, 0.05) is 20.7 Å². The van der Waals surface area contributed by atoms with Crippen molar-refractivity contribution in [2.24, 2.45) is 0 Å². The van der Waals surface area contributed by atoms with Crippen LogP contribution in [0.25, 0.3) is 0 Å². The van der Waals surface area contributed by atoms with E-state index in [1.165, 1.54) is 0 Å². The summed E-state index contributed by atoms with van der Waals surface area (Å²) in [4.78, 5) is 24.3. The van der Waals surface area contributed by atoms with Crippen molar-refractivity contribution < 1.29 is 20.1 Å². The first-order valence-corrected chi connectivity index (χ1v) is 4.98. The van der Waals surface area contributed by atoms with Crippen LogP contribution in [0, 0.1) is 0 Å². The molecular weight excluding hydrogens is 243 g/mol. The highest BCUT2D eigenvalue weighted by Gasteiger charge is 2.43. The maximum Gasteiger partial charge on any atom is 0.330 e. The van der Waals surface area contributed by atoms with E-state index in [-0.39, 0.29) is 8.41 Å². The zero-order valence-electron chi connectivity index (χ0n) is 9.26. The van der Waals surface area contributed by atoms with Crippen LogP contribution in [0.1, 0.15) is 6.23 Å². The number of aromatic amines is 1. The number of rotatable bonds is 2. The van der Waals surface area contributed by atoms with Crippen LogP contribution in [0.15, 0.2) is 21.9 Å². The van der Waals surface area contributed by atoms with Crippen LogP contribution in [0.2, 0.25) is 0 Å². The van der Waals surface area contributed by atoms with Crippen molar-refractivity contribution in [3.05, 3.63) is 33.1 Å². The molecule has 1 aromatic heterocycles. The molecule has 1 aliphatic heterocycles. The average Bonchev–Trinajstić information content (AvgIpc) is 2.57. The third kappa shape index (κ3) is 2.39. The van der Waals surface area contributed by atoms with E-state index in [4.69, 9.17) is 9.84 Å². The number of aliphatic hydroxyl groups excluding tert-OH is 3. The molecule has 0 spiro atoms. The summed E-state index contributed by atoms with van der Waals surface area (Å²) in [6.07, 6.45) is -3.58. The molecule has 1 fully saturated rings. The van der Waals surface area contributed by atoms with Gasteiger partial charge in [-0.25, -0.2) is 4.79 Å². The van der Waals surface area contributed by atoms with Crippen molar-refractivity contribution in [2.75, 3.05) is 6.61 Å². The number of aliphatic hydroxyl groups is 3. The van der Waals surface area contributed by atoms with Crippen molar-refractivity contribution in [1.29, 1.82) is 0 Å². The number of H-pyrrole nitrogens is 1. The number of nitrogens with one attached hydrogen (secondary N) is 1. The number of nitrogens with zero attached hydrogens (tertiary/aromatic N) is 1. The number of ether oxygens (including phenoxy) is 1. The molecule has 0 aromatic carbocycles. The first kappa shape index (κ1) is 14.6. The Bertz CT molecular complexity index is 514. The standard InChI is InChI=1S/C9H12N2O6.B/c12-3-4-6(14)7(15)8(17-4)11-2-1-5(13)10-9(11)16;/h1-2,4,6-8,12,14-15H,3H2,(H,10,13,16);/t4-,6-,7-,8-;/m1./s1. The lowest BCUT2D eigenvalue weighted by atomic mass is 10.1. The van der Waals surface area contributed by atoms with E-state index >= 15 is 0 Å². The topological polar surface area (TPSA) is 125 Å². The van der Waals surface area contributed by atoms with Crippen LogP contribution >= 0.6 is 0 Å². The first-order valence-electron chi connectivity index (χ1n) is 4.98. The second-order valence-electron chi connectivity index (χ2n) is 3.75. The Hall–Kier alpha value is -1.42. The fraction of sp³-hybridized carbons (Fsp3) is 0.556. The van der Waals surface area contributed by atoms with Crippen LogP contribution in [-0.4, -0.2) is 58.2 Å². The van der Waals surface area contributed by atoms with Gasteiger partial charge < -0.3 is 20.1 Å². The lowest BCUT2D eigenvalue weighted by molar-refractivity contribution is -0.0550. The number of hydrogen-bond donors (Lipinski definition) is 4. The summed E-state index contributed by atoms with van der Waals surface area (Å²) in [6.45, 7) is -0.479. The molecule has 3 radical (unpaired) electrons. The van der Waals surface area contributed by atoms with Crippen LogP contribution in [0.3, 0.4) is 0 Å². The van der Waals surface area contributed by atoms with Gasteiger partial charge in [0.2, 0.25) is 0 Å². The van der Waals surface area contributed by atoms with Crippen LogP contribution in [0.4, 0.5) is 0 Å². The molecule has 18 heavy (non-hydrogen) atoms. The normalized spacial score (nSPS) is 31.1. The van der Waals surface area contributed by atoms with Gasteiger partial charge in [0.05, 0.1) is 6.61 Å². The second kappa shape index (κ2) is 5.48. The van der Waals surface area contributed by atoms with Gasteiger partial charge in [-0.15, -0.1) is 0 Å². The predicted octanol–water partition coefficient (Wildman–Crippen LogP) is -3.23. The Balaban J connectivity index is 0.00000162. The molecule has 0 saturated carbocycles. The molecule has 2 rings (SSSR count). The van der Waals surface area contributed by atoms with E-state index in [9.17, 15) is 19.8 Å². The summed E-state index contributed by atoms with van der Waals surface area (Å²) in [6, 6.07) is 1.09. The van der Waals surface area contributed by atoms with Gasteiger partial charge in [-0.1, -0.05) is 0 Å². The van der Waals surface area contributed by atoms with Gasteiger partial charge in [0.1, 0.15) is 18.3 Å². The fourth-order valence-corrected chi connectivity index (χ4v) is 1.74. The maximum absolute atomic E-state index is 11.4. The molecule has 0 bridgehead atoms. The van der Waals surface area contributed by atoms with E-state index in [2.05, 4.69) is 0 Å². The molecule has 0 amide bonds. The fourth-order valence-electron chi connectivity index (χ4n) is 1.74. The van der Waals surface area contributed by atoms with E-state index in [1.807, 2.05) is 4.98 Å². The van der Waals surface area contributed by atoms with E-state index in [0.717, 1.165) is 16.8 Å². The maximum atomic E-state index is 11.4. The quantitative estimate of drug-likeness (QED) is 0.412. The van der Waals surface area contributed by atoms with Crippen LogP contribution in [-0.2, 0) is 4.74 Å². The Morgan fingerprint density at radius 1 is 1.33 bits per heavy atom. The molecule has 4 N–H and O–H groups in total. The van der Waals surface area contributed by atoms with E-state index < -0.39 is 42.4 Å². The zero-order chi connectivity index (χ0) is 12.6. The Labute approximate surface area is 103 Å². The molecule has 1 aliphatic rings. The smallest absolute Gasteiger partial charge is 0.330 e. The highest BCUT2D eigenvalue weighted by atomic mass is 16.6. The summed E-state index contributed by atoms with van der Waals surface area (Å²) in [5, 5.41) is 28.1. The summed E-state index contributed by atoms with van der Waals surface area (Å²) >= 11 is 0. The molecule has 0 aliphatic carbocycles. The van der Waals surface area contributed by atoms with Gasteiger partial charge in [-0.2, -0.15) is 0 Å². The molecule has 4 atom stereocenters. The van der Waals surface area contributed by atoms with Gasteiger partial charge >= 0.3 is 5.69 Å². The lowest BCUT2D eigenvalue weighted by Crippen LogP contribution is -2.37. The molecule has 1 aromatic rings. The Morgan fingerprint density at radius 2 is 2.00 bits per heavy atom. The SMILES string of the molecule is O=c1ccn([C@@H]2O[C@H](CO)[C@@H](O)[C@H]2O)c(=O)[nH]1.[B]. The first-order chi connectivity index (χ1) is 8.04. The second-order valence-corrected chi connectivity index (χ2v) is 3.75. The Morgan fingerprint density at radius 3 is 2.50 bits per heavy atom. The summed E-state index contributed by atoms with van der Waals surface area (Å²) < 4.78 is 6.08. The van der Waals surface area contributed by atoms with Crippen molar-refractivity contribution in [3.8, 4) is 0 Å². The summed E-state index contributed by atoms with van der Waals surface area (Å²) in [5.41, 5.74) is -1.33. The highest BCUT2D eigenvalue weighted by molar-refractivity contribution is 5.75. The highest BCUT2D eigenvalue weighted by Crippen LogP contribution is 2.27. The van der Waals surface area contributed by atoms with Gasteiger partial charge in [-0.3, -0.25) is 14.3 Å². The van der Waals surface area contributed by atoms with Gasteiger partial charge in [-0.05, 0) is 0 Å². The molecular formula is C9H12BN2O6. The zero-order valence-corrected chi connectivity index (χ0v) is 9.26. The lowest BCUT2D eigenvalue weighted by Gasteiger charge is -2.16. The van der Waals surface area contributed by atoms with Crippen molar-refractivity contribution in [2.45, 2.75) is 24.5 Å². The minimum absolute atomic E-state index is 0. The minimum Gasteiger partial charge on any atom is -0.394 e. The third-order valence-corrected chi connectivity index (χ3v) is 2.64. The monoisotopic (exact) mass is 255 g/mol. The third-order valence-electron chi connectivity index (χ3n) is 2.64. The van der Waals surface area contributed by atoms with E-state index in [0.29, 0.717) is 0 Å². The van der Waals surface area contributed by atoms with E-state index in [1.54, 1.807) is 0 Å². The molecule has 0 unspecified atom stereocenters. The number of hydrogen-bond acceptors (Lipinski definition) is 6. The summed E-state index contributed by atoms with van der Waals surface area (Å²) in [5.74, 6) is 0. The molecule has 2 heterocycles. The molecule has 8 nitrogen and oxygen atoms in total. The average molecular weight is 255 g/mol. The minimum atomic E-state index is -1.35.